The lowest BCUT2D eigenvalue weighted by Crippen LogP contribution is -2.43. The lowest BCUT2D eigenvalue weighted by Gasteiger charge is -2.32. The summed E-state index contributed by atoms with van der Waals surface area (Å²) in [6.45, 7) is 2.02. The maximum Gasteiger partial charge on any atom is 0.337 e. The van der Waals surface area contributed by atoms with E-state index in [2.05, 4.69) is 5.10 Å². The second kappa shape index (κ2) is 10.4. The van der Waals surface area contributed by atoms with Crippen molar-refractivity contribution in [2.45, 2.75) is 25.6 Å². The van der Waals surface area contributed by atoms with Crippen molar-refractivity contribution in [2.75, 3.05) is 7.11 Å². The number of rotatable bonds is 7. The Balaban J connectivity index is 1.51. The first-order valence-electron chi connectivity index (χ1n) is 12.5. The second-order valence-corrected chi connectivity index (χ2v) is 9.61. The van der Waals surface area contributed by atoms with Crippen LogP contribution in [0.2, 0.25) is 0 Å². The highest BCUT2D eigenvalue weighted by molar-refractivity contribution is 6.07. The zero-order valence-corrected chi connectivity index (χ0v) is 21.7. The van der Waals surface area contributed by atoms with Crippen LogP contribution >= 0.6 is 0 Å². The van der Waals surface area contributed by atoms with Crippen LogP contribution < -0.4 is 5.84 Å². The third kappa shape index (κ3) is 4.72. The summed E-state index contributed by atoms with van der Waals surface area (Å²) in [4.78, 5) is 42.9. The molecular weight excluding hydrogens is 492 g/mol. The number of hydrazone groups is 1. The number of carbonyl (C=O) groups is 3. The van der Waals surface area contributed by atoms with Crippen LogP contribution in [0.4, 0.5) is 4.79 Å². The average molecular weight is 521 g/mol. The standard InChI is InChI=1S/C31H28N4O4/c1-31(27-9-4-3-5-10-27)29(37)34(19-23-12-14-24-13-11-21(18-33-32)15-26(24)17-23)30(38)35(31)20-22-7-6-8-25(16-22)28(36)39-2/h3-18H,19-20,32H2,1-2H3. The molecule has 1 saturated heterocycles. The van der Waals surface area contributed by atoms with E-state index in [0.717, 1.165) is 21.9 Å². The van der Waals surface area contributed by atoms with Crippen LogP contribution in [0.25, 0.3) is 10.8 Å². The summed E-state index contributed by atoms with van der Waals surface area (Å²) in [5, 5.41) is 5.56. The Bertz CT molecular complexity index is 1600. The maximum absolute atomic E-state index is 14.0. The van der Waals surface area contributed by atoms with Gasteiger partial charge < -0.3 is 15.5 Å². The van der Waals surface area contributed by atoms with E-state index in [1.54, 1.807) is 36.2 Å². The molecule has 8 nitrogen and oxygen atoms in total. The van der Waals surface area contributed by atoms with Gasteiger partial charge in [0.15, 0.2) is 0 Å². The number of hydrogen-bond acceptors (Lipinski definition) is 6. The van der Waals surface area contributed by atoms with E-state index in [-0.39, 0.29) is 19.0 Å². The van der Waals surface area contributed by atoms with E-state index in [4.69, 9.17) is 10.6 Å². The number of ether oxygens (including phenoxy) is 1. The van der Waals surface area contributed by atoms with E-state index in [1.165, 1.54) is 12.0 Å². The van der Waals surface area contributed by atoms with Gasteiger partial charge in [-0.3, -0.25) is 9.69 Å². The molecule has 1 atom stereocenters. The monoisotopic (exact) mass is 520 g/mol. The molecule has 4 aromatic carbocycles. The molecule has 1 aliphatic heterocycles. The largest absolute Gasteiger partial charge is 0.465 e. The Kier molecular flexibility index (Phi) is 6.85. The lowest BCUT2D eigenvalue weighted by atomic mass is 9.90. The van der Waals surface area contributed by atoms with Gasteiger partial charge in [-0.15, -0.1) is 0 Å². The molecular formula is C31H28N4O4. The van der Waals surface area contributed by atoms with Crippen molar-refractivity contribution in [1.29, 1.82) is 0 Å². The summed E-state index contributed by atoms with van der Waals surface area (Å²) in [5.41, 5.74) is 2.23. The van der Waals surface area contributed by atoms with E-state index in [0.29, 0.717) is 16.7 Å². The number of carbonyl (C=O) groups excluding carboxylic acids is 3. The number of methoxy groups -OCH3 is 1. The summed E-state index contributed by atoms with van der Waals surface area (Å²) in [7, 11) is 1.32. The molecule has 1 fully saturated rings. The van der Waals surface area contributed by atoms with Crippen molar-refractivity contribution in [3.8, 4) is 0 Å². The first kappa shape index (κ1) is 25.7. The van der Waals surface area contributed by atoms with Gasteiger partial charge in [-0.1, -0.05) is 66.7 Å². The van der Waals surface area contributed by atoms with E-state index < -0.39 is 17.5 Å². The Hall–Kier alpha value is -4.98. The molecule has 39 heavy (non-hydrogen) atoms. The predicted molar refractivity (Wildman–Crippen MR) is 149 cm³/mol. The van der Waals surface area contributed by atoms with Crippen LogP contribution in [0.15, 0.2) is 96.1 Å². The molecule has 4 aromatic rings. The molecule has 1 unspecified atom stereocenters. The van der Waals surface area contributed by atoms with Crippen molar-refractivity contribution >= 4 is 34.9 Å². The van der Waals surface area contributed by atoms with Gasteiger partial charge in [-0.05, 0) is 64.2 Å². The summed E-state index contributed by atoms with van der Waals surface area (Å²) < 4.78 is 4.85. The molecule has 0 saturated carbocycles. The summed E-state index contributed by atoms with van der Waals surface area (Å²) in [6.07, 6.45) is 1.57. The quantitative estimate of drug-likeness (QED) is 0.124. The molecule has 5 rings (SSSR count). The number of esters is 1. The molecule has 2 N–H and O–H groups in total. The first-order chi connectivity index (χ1) is 18.8. The zero-order chi connectivity index (χ0) is 27.6. The van der Waals surface area contributed by atoms with Crippen molar-refractivity contribution in [1.82, 2.24) is 9.80 Å². The van der Waals surface area contributed by atoms with Crippen LogP contribution in [0.1, 0.15) is 39.5 Å². The van der Waals surface area contributed by atoms with E-state index in [1.807, 2.05) is 72.8 Å². The molecule has 1 aliphatic rings. The molecule has 196 valence electrons. The minimum Gasteiger partial charge on any atom is -0.465 e. The number of imide groups is 1. The zero-order valence-electron chi connectivity index (χ0n) is 21.7. The minimum absolute atomic E-state index is 0.115. The number of amides is 3. The molecule has 8 heteroatoms. The smallest absolute Gasteiger partial charge is 0.337 e. The van der Waals surface area contributed by atoms with Gasteiger partial charge in [0.2, 0.25) is 0 Å². The van der Waals surface area contributed by atoms with Gasteiger partial charge >= 0.3 is 12.0 Å². The van der Waals surface area contributed by atoms with Gasteiger partial charge in [0, 0.05) is 6.54 Å². The fraction of sp³-hybridized carbons (Fsp3) is 0.161. The Morgan fingerprint density at radius 1 is 0.897 bits per heavy atom. The van der Waals surface area contributed by atoms with Gasteiger partial charge in [-0.25, -0.2) is 9.59 Å². The molecule has 0 bridgehead atoms. The van der Waals surface area contributed by atoms with Crippen LogP contribution in [-0.2, 0) is 28.2 Å². The third-order valence-electron chi connectivity index (χ3n) is 7.18. The molecule has 0 spiro atoms. The SMILES string of the molecule is COC(=O)c1cccc(CN2C(=O)N(Cc3ccc4ccc(C=NN)cc4c3)C(=O)C2(C)c2ccccc2)c1. The fourth-order valence-corrected chi connectivity index (χ4v) is 5.07. The number of hydrogen-bond donors (Lipinski definition) is 1. The van der Waals surface area contributed by atoms with E-state index >= 15 is 0 Å². The van der Waals surface area contributed by atoms with Gasteiger partial charge in [0.25, 0.3) is 5.91 Å². The van der Waals surface area contributed by atoms with Crippen LogP contribution in [0.5, 0.6) is 0 Å². The third-order valence-corrected chi connectivity index (χ3v) is 7.18. The molecule has 0 aliphatic carbocycles. The van der Waals surface area contributed by atoms with Crippen LogP contribution in [0, 0.1) is 0 Å². The molecule has 0 radical (unpaired) electrons. The molecule has 0 aromatic heterocycles. The van der Waals surface area contributed by atoms with Gasteiger partial charge in [-0.2, -0.15) is 5.10 Å². The van der Waals surface area contributed by atoms with E-state index in [9.17, 15) is 14.4 Å². The van der Waals surface area contributed by atoms with Crippen LogP contribution in [-0.4, -0.2) is 41.0 Å². The number of nitrogens with zero attached hydrogens (tertiary/aromatic N) is 3. The van der Waals surface area contributed by atoms with Gasteiger partial charge in [0.05, 0.1) is 25.4 Å². The van der Waals surface area contributed by atoms with Crippen molar-refractivity contribution < 1.29 is 19.1 Å². The van der Waals surface area contributed by atoms with Crippen molar-refractivity contribution in [3.05, 3.63) is 119 Å². The highest BCUT2D eigenvalue weighted by Gasteiger charge is 2.55. The Labute approximate surface area is 226 Å². The van der Waals surface area contributed by atoms with Crippen LogP contribution in [0.3, 0.4) is 0 Å². The topological polar surface area (TPSA) is 105 Å². The highest BCUT2D eigenvalue weighted by Crippen LogP contribution is 2.39. The first-order valence-corrected chi connectivity index (χ1v) is 12.5. The predicted octanol–water partition coefficient (Wildman–Crippen LogP) is 4.80. The summed E-state index contributed by atoms with van der Waals surface area (Å²) in [5.74, 6) is 4.53. The second-order valence-electron chi connectivity index (χ2n) is 9.61. The summed E-state index contributed by atoms with van der Waals surface area (Å²) >= 11 is 0. The Morgan fingerprint density at radius 2 is 1.64 bits per heavy atom. The van der Waals surface area contributed by atoms with Crippen molar-refractivity contribution in [3.63, 3.8) is 0 Å². The molecule has 1 heterocycles. The number of nitrogens with two attached hydrogens (primary N) is 1. The number of benzene rings is 4. The number of urea groups is 1. The molecule has 3 amide bonds. The lowest BCUT2D eigenvalue weighted by molar-refractivity contribution is -0.133. The normalized spacial score (nSPS) is 17.4. The Morgan fingerprint density at radius 3 is 2.38 bits per heavy atom. The fourth-order valence-electron chi connectivity index (χ4n) is 5.07. The average Bonchev–Trinajstić information content (AvgIpc) is 3.14. The summed E-state index contributed by atoms with van der Waals surface area (Å²) in [6, 6.07) is 27.5. The van der Waals surface area contributed by atoms with Crippen molar-refractivity contribution in [2.24, 2.45) is 10.9 Å². The maximum atomic E-state index is 14.0. The van der Waals surface area contributed by atoms with Gasteiger partial charge in [0.1, 0.15) is 5.54 Å². The minimum atomic E-state index is -1.23. The highest BCUT2D eigenvalue weighted by atomic mass is 16.5. The number of fused-ring (bicyclic) bond motifs is 1.